The molecule has 0 spiro atoms. The normalized spacial score (nSPS) is 14.1. The summed E-state index contributed by atoms with van der Waals surface area (Å²) in [7, 11) is 0. The zero-order chi connectivity index (χ0) is 18.8. The van der Waals surface area contributed by atoms with Gasteiger partial charge in [0.15, 0.2) is 0 Å². The molecule has 0 radical (unpaired) electrons. The molecule has 5 rings (SSSR count). The van der Waals surface area contributed by atoms with Crippen molar-refractivity contribution in [3.05, 3.63) is 84.6 Å². The predicted molar refractivity (Wildman–Crippen MR) is 111 cm³/mol. The SMILES string of the molecule is c1ccc(-c2ccc(-c3n[nH]c4c3CN(CCn3ccnc3)CC4)cc2)cc1. The van der Waals surface area contributed by atoms with Gasteiger partial charge in [-0.15, -0.1) is 0 Å². The quantitative estimate of drug-likeness (QED) is 0.578. The number of aromatic amines is 1. The van der Waals surface area contributed by atoms with Gasteiger partial charge in [-0.25, -0.2) is 4.98 Å². The third-order valence-corrected chi connectivity index (χ3v) is 5.51. The van der Waals surface area contributed by atoms with Gasteiger partial charge >= 0.3 is 0 Å². The summed E-state index contributed by atoms with van der Waals surface area (Å²) in [5.74, 6) is 0. The van der Waals surface area contributed by atoms with Crippen molar-refractivity contribution in [2.75, 3.05) is 13.1 Å². The van der Waals surface area contributed by atoms with E-state index in [1.807, 2.05) is 24.8 Å². The number of aromatic nitrogens is 4. The van der Waals surface area contributed by atoms with Crippen molar-refractivity contribution in [2.45, 2.75) is 19.5 Å². The van der Waals surface area contributed by atoms with Crippen molar-refractivity contribution in [3.8, 4) is 22.4 Å². The van der Waals surface area contributed by atoms with Crippen molar-refractivity contribution < 1.29 is 0 Å². The molecule has 0 amide bonds. The first-order valence-corrected chi connectivity index (χ1v) is 9.77. The van der Waals surface area contributed by atoms with E-state index in [1.54, 1.807) is 0 Å². The van der Waals surface area contributed by atoms with Crippen LogP contribution in [-0.4, -0.2) is 37.7 Å². The summed E-state index contributed by atoms with van der Waals surface area (Å²) in [6.07, 6.45) is 6.76. The van der Waals surface area contributed by atoms with E-state index in [0.717, 1.165) is 38.3 Å². The number of nitrogens with zero attached hydrogens (tertiary/aromatic N) is 4. The van der Waals surface area contributed by atoms with Gasteiger partial charge in [0.2, 0.25) is 0 Å². The van der Waals surface area contributed by atoms with Gasteiger partial charge < -0.3 is 4.57 Å². The molecule has 0 bridgehead atoms. The van der Waals surface area contributed by atoms with Gasteiger partial charge in [0.25, 0.3) is 0 Å². The first-order valence-electron chi connectivity index (χ1n) is 9.77. The number of benzene rings is 2. The lowest BCUT2D eigenvalue weighted by Gasteiger charge is -2.27. The number of rotatable bonds is 5. The largest absolute Gasteiger partial charge is 0.336 e. The van der Waals surface area contributed by atoms with Gasteiger partial charge in [0.1, 0.15) is 0 Å². The summed E-state index contributed by atoms with van der Waals surface area (Å²) >= 11 is 0. The zero-order valence-corrected chi connectivity index (χ0v) is 15.8. The molecule has 140 valence electrons. The van der Waals surface area contributed by atoms with E-state index in [0.29, 0.717) is 0 Å². The third kappa shape index (κ3) is 3.37. The molecule has 0 saturated carbocycles. The number of H-pyrrole nitrogens is 1. The van der Waals surface area contributed by atoms with Crippen LogP contribution in [0.2, 0.25) is 0 Å². The van der Waals surface area contributed by atoms with Gasteiger partial charge in [0.05, 0.1) is 12.0 Å². The second kappa shape index (κ2) is 7.44. The van der Waals surface area contributed by atoms with Crippen LogP contribution in [0.15, 0.2) is 73.3 Å². The van der Waals surface area contributed by atoms with Gasteiger partial charge in [-0.2, -0.15) is 5.10 Å². The summed E-state index contributed by atoms with van der Waals surface area (Å²) < 4.78 is 2.13. The Kier molecular flexibility index (Phi) is 4.51. The molecule has 2 aromatic carbocycles. The molecular weight excluding hydrogens is 346 g/mol. The maximum Gasteiger partial charge on any atom is 0.0968 e. The molecule has 5 heteroatoms. The third-order valence-electron chi connectivity index (χ3n) is 5.51. The molecule has 2 aromatic heterocycles. The Morgan fingerprint density at radius 2 is 1.68 bits per heavy atom. The molecule has 4 aromatic rings. The molecule has 0 unspecified atom stereocenters. The maximum atomic E-state index is 4.65. The Hall–Kier alpha value is -3.18. The average Bonchev–Trinajstić information content (AvgIpc) is 3.43. The molecule has 0 atom stereocenters. The van der Waals surface area contributed by atoms with Crippen LogP contribution in [-0.2, 0) is 19.5 Å². The fourth-order valence-corrected chi connectivity index (χ4v) is 3.91. The smallest absolute Gasteiger partial charge is 0.0968 e. The van der Waals surface area contributed by atoms with Gasteiger partial charge in [-0.3, -0.25) is 10.00 Å². The molecular formula is C23H23N5. The Bertz CT molecular complexity index is 1030. The number of imidazole rings is 1. The average molecular weight is 369 g/mol. The Labute approximate surface area is 164 Å². The highest BCUT2D eigenvalue weighted by Crippen LogP contribution is 2.30. The van der Waals surface area contributed by atoms with Crippen molar-refractivity contribution in [1.29, 1.82) is 0 Å². The Morgan fingerprint density at radius 1 is 0.893 bits per heavy atom. The number of hydrogen-bond donors (Lipinski definition) is 1. The summed E-state index contributed by atoms with van der Waals surface area (Å²) in [5.41, 5.74) is 7.35. The van der Waals surface area contributed by atoms with Gasteiger partial charge in [-0.05, 0) is 11.1 Å². The minimum absolute atomic E-state index is 0.941. The highest BCUT2D eigenvalue weighted by atomic mass is 15.2. The molecule has 0 fully saturated rings. The van der Waals surface area contributed by atoms with Crippen LogP contribution < -0.4 is 0 Å². The second-order valence-electron chi connectivity index (χ2n) is 7.30. The Morgan fingerprint density at radius 3 is 2.46 bits per heavy atom. The van der Waals surface area contributed by atoms with E-state index in [-0.39, 0.29) is 0 Å². The first-order chi connectivity index (χ1) is 13.9. The minimum atomic E-state index is 0.941. The zero-order valence-electron chi connectivity index (χ0n) is 15.8. The number of nitrogens with one attached hydrogen (secondary N) is 1. The van der Waals surface area contributed by atoms with Crippen LogP contribution in [0.1, 0.15) is 11.3 Å². The molecule has 1 aliphatic rings. The lowest BCUT2D eigenvalue weighted by Crippen LogP contribution is -2.33. The van der Waals surface area contributed by atoms with Crippen molar-refractivity contribution in [3.63, 3.8) is 0 Å². The molecule has 1 aliphatic heterocycles. The molecule has 0 aliphatic carbocycles. The molecule has 0 saturated heterocycles. The lowest BCUT2D eigenvalue weighted by atomic mass is 9.98. The summed E-state index contributed by atoms with van der Waals surface area (Å²) in [5, 5.41) is 7.92. The summed E-state index contributed by atoms with van der Waals surface area (Å²) in [6.45, 7) is 3.99. The van der Waals surface area contributed by atoms with E-state index in [1.165, 1.54) is 27.9 Å². The highest BCUT2D eigenvalue weighted by molar-refractivity contribution is 5.70. The van der Waals surface area contributed by atoms with Crippen molar-refractivity contribution >= 4 is 0 Å². The van der Waals surface area contributed by atoms with E-state index >= 15 is 0 Å². The highest BCUT2D eigenvalue weighted by Gasteiger charge is 2.22. The summed E-state index contributed by atoms with van der Waals surface area (Å²) in [4.78, 5) is 6.63. The number of fused-ring (bicyclic) bond motifs is 1. The van der Waals surface area contributed by atoms with Crippen molar-refractivity contribution in [2.24, 2.45) is 0 Å². The fourth-order valence-electron chi connectivity index (χ4n) is 3.91. The summed E-state index contributed by atoms with van der Waals surface area (Å²) in [6, 6.07) is 19.2. The van der Waals surface area contributed by atoms with Gasteiger partial charge in [-0.1, -0.05) is 54.6 Å². The second-order valence-corrected chi connectivity index (χ2v) is 7.30. The standard InChI is InChI=1S/C23H23N5/c1-2-4-18(5-3-1)19-6-8-20(9-7-19)23-21-16-27(12-10-22(21)25-26-23)14-15-28-13-11-24-17-28/h1-9,11,13,17H,10,12,14-16H2,(H,25,26). The van der Waals surface area contributed by atoms with Crippen LogP contribution in [0, 0.1) is 0 Å². The van der Waals surface area contributed by atoms with Crippen LogP contribution in [0.3, 0.4) is 0 Å². The van der Waals surface area contributed by atoms with E-state index < -0.39 is 0 Å². The minimum Gasteiger partial charge on any atom is -0.336 e. The van der Waals surface area contributed by atoms with Gasteiger partial charge in [0, 0.05) is 61.8 Å². The maximum absolute atomic E-state index is 4.65. The number of hydrogen-bond acceptors (Lipinski definition) is 3. The van der Waals surface area contributed by atoms with Crippen LogP contribution in [0.5, 0.6) is 0 Å². The van der Waals surface area contributed by atoms with E-state index in [4.69, 9.17) is 0 Å². The van der Waals surface area contributed by atoms with Crippen LogP contribution >= 0.6 is 0 Å². The lowest BCUT2D eigenvalue weighted by molar-refractivity contribution is 0.243. The molecule has 1 N–H and O–H groups in total. The first kappa shape index (κ1) is 17.0. The van der Waals surface area contributed by atoms with Crippen LogP contribution in [0.4, 0.5) is 0 Å². The van der Waals surface area contributed by atoms with E-state index in [9.17, 15) is 0 Å². The molecule has 3 heterocycles. The topological polar surface area (TPSA) is 49.7 Å². The van der Waals surface area contributed by atoms with E-state index in [2.05, 4.69) is 73.2 Å². The molecule has 28 heavy (non-hydrogen) atoms. The Balaban J connectivity index is 1.34. The van der Waals surface area contributed by atoms with Crippen molar-refractivity contribution in [1.82, 2.24) is 24.6 Å². The fraction of sp³-hybridized carbons (Fsp3) is 0.217. The monoisotopic (exact) mass is 369 g/mol. The van der Waals surface area contributed by atoms with Crippen LogP contribution in [0.25, 0.3) is 22.4 Å². The predicted octanol–water partition coefficient (Wildman–Crippen LogP) is 4.00. The molecule has 5 nitrogen and oxygen atoms in total.